The van der Waals surface area contributed by atoms with Gasteiger partial charge in [-0.15, -0.1) is 0 Å². The normalized spacial score (nSPS) is 25.6. The highest BCUT2D eigenvalue weighted by atomic mass is 19.2. The molecule has 2 unspecified atom stereocenters. The van der Waals surface area contributed by atoms with Gasteiger partial charge in [0.05, 0.1) is 6.10 Å². The highest BCUT2D eigenvalue weighted by Gasteiger charge is 2.30. The second-order valence-corrected chi connectivity index (χ2v) is 6.10. The minimum Gasteiger partial charge on any atom is -0.387 e. The molecule has 0 saturated carbocycles. The Bertz CT molecular complexity index is 497. The minimum atomic E-state index is -0.976. The molecule has 3 nitrogen and oxygen atoms in total. The van der Waals surface area contributed by atoms with Gasteiger partial charge in [0.15, 0.2) is 11.6 Å². The number of aliphatic hydroxyl groups excluding tert-OH is 1. The largest absolute Gasteiger partial charge is 0.387 e. The number of fused-ring (bicyclic) bond motifs is 1. The van der Waals surface area contributed by atoms with Gasteiger partial charge in [-0.1, -0.05) is 18.6 Å². The van der Waals surface area contributed by atoms with Crippen molar-refractivity contribution in [1.29, 1.82) is 0 Å². The van der Waals surface area contributed by atoms with Gasteiger partial charge in [0, 0.05) is 37.8 Å². The predicted octanol–water partition coefficient (Wildman–Crippen LogP) is 2.17. The van der Waals surface area contributed by atoms with E-state index >= 15 is 0 Å². The quantitative estimate of drug-likeness (QED) is 0.926. The molecule has 1 aromatic rings. The first-order valence-electron chi connectivity index (χ1n) is 7.73. The number of aliphatic hydroxyl groups is 1. The minimum absolute atomic E-state index is 0.0565. The molecule has 0 spiro atoms. The van der Waals surface area contributed by atoms with Crippen molar-refractivity contribution < 1.29 is 13.9 Å². The van der Waals surface area contributed by atoms with Crippen molar-refractivity contribution >= 4 is 0 Å². The maximum absolute atomic E-state index is 13.7. The van der Waals surface area contributed by atoms with Gasteiger partial charge in [-0.2, -0.15) is 0 Å². The lowest BCUT2D eigenvalue weighted by Crippen LogP contribution is -2.55. The molecule has 2 heterocycles. The number of hydrogen-bond donors (Lipinski definition) is 1. The standard InChI is InChI=1S/C16H22F2N2O/c17-14-6-3-5-13(16(14)18)15(21)11-19-8-9-20-7-2-1-4-12(20)10-19/h3,5-6,12,15,21H,1-2,4,7-11H2. The van der Waals surface area contributed by atoms with Crippen molar-refractivity contribution in [2.45, 2.75) is 31.4 Å². The topological polar surface area (TPSA) is 26.7 Å². The molecule has 1 N–H and O–H groups in total. The monoisotopic (exact) mass is 296 g/mol. The Hall–Kier alpha value is -1.04. The van der Waals surface area contributed by atoms with Crippen LogP contribution in [-0.4, -0.2) is 53.7 Å². The van der Waals surface area contributed by atoms with Gasteiger partial charge >= 0.3 is 0 Å². The summed E-state index contributed by atoms with van der Waals surface area (Å²) in [6, 6.07) is 4.53. The Labute approximate surface area is 124 Å². The highest BCUT2D eigenvalue weighted by Crippen LogP contribution is 2.24. The van der Waals surface area contributed by atoms with Crippen molar-refractivity contribution in [2.24, 2.45) is 0 Å². The average molecular weight is 296 g/mol. The van der Waals surface area contributed by atoms with Crippen molar-refractivity contribution in [2.75, 3.05) is 32.7 Å². The summed E-state index contributed by atoms with van der Waals surface area (Å²) < 4.78 is 26.9. The number of piperidine rings is 1. The summed E-state index contributed by atoms with van der Waals surface area (Å²) in [4.78, 5) is 4.68. The van der Waals surface area contributed by atoms with Crippen LogP contribution in [0.15, 0.2) is 18.2 Å². The maximum Gasteiger partial charge on any atom is 0.164 e. The SMILES string of the molecule is OC(CN1CCN2CCCCC2C1)c1cccc(F)c1F. The lowest BCUT2D eigenvalue weighted by atomic mass is 9.99. The number of nitrogens with zero attached hydrogens (tertiary/aromatic N) is 2. The number of piperazine rings is 1. The summed E-state index contributed by atoms with van der Waals surface area (Å²) >= 11 is 0. The van der Waals surface area contributed by atoms with E-state index in [1.54, 1.807) is 0 Å². The van der Waals surface area contributed by atoms with Crippen LogP contribution in [0.2, 0.25) is 0 Å². The van der Waals surface area contributed by atoms with Crippen LogP contribution in [0.4, 0.5) is 8.78 Å². The van der Waals surface area contributed by atoms with Gasteiger partial charge in [-0.25, -0.2) is 8.78 Å². The smallest absolute Gasteiger partial charge is 0.164 e. The maximum atomic E-state index is 13.7. The van der Waals surface area contributed by atoms with Gasteiger partial charge in [0.25, 0.3) is 0 Å². The van der Waals surface area contributed by atoms with Gasteiger partial charge in [-0.3, -0.25) is 9.80 Å². The molecule has 1 aromatic carbocycles. The Morgan fingerprint density at radius 2 is 2.05 bits per heavy atom. The number of hydrogen-bond acceptors (Lipinski definition) is 3. The van der Waals surface area contributed by atoms with E-state index in [2.05, 4.69) is 9.80 Å². The molecule has 116 valence electrons. The lowest BCUT2D eigenvalue weighted by molar-refractivity contribution is 0.0225. The summed E-state index contributed by atoms with van der Waals surface area (Å²) in [6.07, 6.45) is 2.75. The summed E-state index contributed by atoms with van der Waals surface area (Å²) in [5.41, 5.74) is 0.0565. The van der Waals surface area contributed by atoms with E-state index in [4.69, 9.17) is 0 Å². The van der Waals surface area contributed by atoms with Crippen LogP contribution in [0.5, 0.6) is 0 Å². The molecular formula is C16H22F2N2O. The van der Waals surface area contributed by atoms with Gasteiger partial charge in [-0.05, 0) is 25.5 Å². The second-order valence-electron chi connectivity index (χ2n) is 6.10. The highest BCUT2D eigenvalue weighted by molar-refractivity contribution is 5.21. The zero-order chi connectivity index (χ0) is 14.8. The Balaban J connectivity index is 1.62. The average Bonchev–Trinajstić information content (AvgIpc) is 2.50. The van der Waals surface area contributed by atoms with Crippen LogP contribution in [0.25, 0.3) is 0 Å². The fraction of sp³-hybridized carbons (Fsp3) is 0.625. The number of β-amino-alcohol motifs (C(OH)–C–C–N with tert-alkyl or cyclic N) is 1. The third kappa shape index (κ3) is 3.25. The van der Waals surface area contributed by atoms with Crippen molar-refractivity contribution in [3.05, 3.63) is 35.4 Å². The number of benzene rings is 1. The predicted molar refractivity (Wildman–Crippen MR) is 77.0 cm³/mol. The molecular weight excluding hydrogens is 274 g/mol. The van der Waals surface area contributed by atoms with Crippen LogP contribution in [0, 0.1) is 11.6 Å². The van der Waals surface area contributed by atoms with Crippen LogP contribution in [0.1, 0.15) is 30.9 Å². The van der Waals surface area contributed by atoms with Gasteiger partial charge in [0.2, 0.25) is 0 Å². The Morgan fingerprint density at radius 1 is 1.19 bits per heavy atom. The molecule has 2 saturated heterocycles. The van der Waals surface area contributed by atoms with E-state index < -0.39 is 17.7 Å². The number of halogens is 2. The fourth-order valence-electron chi connectivity index (χ4n) is 3.51. The fourth-order valence-corrected chi connectivity index (χ4v) is 3.51. The zero-order valence-corrected chi connectivity index (χ0v) is 12.1. The van der Waals surface area contributed by atoms with E-state index in [9.17, 15) is 13.9 Å². The second kappa shape index (κ2) is 6.38. The molecule has 2 aliphatic heterocycles. The molecule has 5 heteroatoms. The first-order chi connectivity index (χ1) is 10.1. The molecule has 0 radical (unpaired) electrons. The molecule has 0 amide bonds. The molecule has 2 atom stereocenters. The third-order valence-electron chi connectivity index (χ3n) is 4.69. The van der Waals surface area contributed by atoms with E-state index in [-0.39, 0.29) is 5.56 Å². The van der Waals surface area contributed by atoms with Crippen LogP contribution >= 0.6 is 0 Å². The summed E-state index contributed by atoms with van der Waals surface area (Å²) in [5.74, 6) is -1.83. The van der Waals surface area contributed by atoms with Crippen molar-refractivity contribution in [3.8, 4) is 0 Å². The molecule has 0 aliphatic carbocycles. The third-order valence-corrected chi connectivity index (χ3v) is 4.69. The van der Waals surface area contributed by atoms with Gasteiger partial charge < -0.3 is 5.11 Å². The first kappa shape index (κ1) is 14.9. The number of rotatable bonds is 3. The van der Waals surface area contributed by atoms with Crippen molar-refractivity contribution in [3.63, 3.8) is 0 Å². The first-order valence-corrected chi connectivity index (χ1v) is 7.73. The molecule has 3 rings (SSSR count). The van der Waals surface area contributed by atoms with E-state index in [0.717, 1.165) is 25.7 Å². The molecule has 2 fully saturated rings. The molecule has 0 bridgehead atoms. The molecule has 2 aliphatic rings. The Kier molecular flexibility index (Phi) is 4.52. The van der Waals surface area contributed by atoms with Crippen LogP contribution in [-0.2, 0) is 0 Å². The Morgan fingerprint density at radius 3 is 2.90 bits per heavy atom. The van der Waals surface area contributed by atoms with E-state index in [0.29, 0.717) is 12.6 Å². The summed E-state index contributed by atoms with van der Waals surface area (Å²) in [7, 11) is 0. The summed E-state index contributed by atoms with van der Waals surface area (Å²) in [6.45, 7) is 4.33. The molecule has 0 aromatic heterocycles. The van der Waals surface area contributed by atoms with Crippen LogP contribution in [0.3, 0.4) is 0 Å². The van der Waals surface area contributed by atoms with E-state index in [1.807, 2.05) is 0 Å². The van der Waals surface area contributed by atoms with Crippen molar-refractivity contribution in [1.82, 2.24) is 9.80 Å². The summed E-state index contributed by atoms with van der Waals surface area (Å²) in [5, 5.41) is 10.2. The molecule has 21 heavy (non-hydrogen) atoms. The van der Waals surface area contributed by atoms with Gasteiger partial charge in [0.1, 0.15) is 0 Å². The van der Waals surface area contributed by atoms with E-state index in [1.165, 1.54) is 37.9 Å². The van der Waals surface area contributed by atoms with Crippen LogP contribution < -0.4 is 0 Å². The lowest BCUT2D eigenvalue weighted by Gasteiger charge is -2.44. The zero-order valence-electron chi connectivity index (χ0n) is 12.1.